The van der Waals surface area contributed by atoms with E-state index in [0.29, 0.717) is 12.5 Å². The van der Waals surface area contributed by atoms with E-state index in [1.807, 2.05) is 0 Å². The third-order valence-electron chi connectivity index (χ3n) is 4.01. The summed E-state index contributed by atoms with van der Waals surface area (Å²) in [6.45, 7) is 2.94. The van der Waals surface area contributed by atoms with Gasteiger partial charge in [0.2, 0.25) is 5.91 Å². The van der Waals surface area contributed by atoms with Crippen LogP contribution in [0.4, 0.5) is 0 Å². The van der Waals surface area contributed by atoms with E-state index in [-0.39, 0.29) is 11.9 Å². The molecule has 2 heterocycles. The van der Waals surface area contributed by atoms with Gasteiger partial charge in [0.05, 0.1) is 6.10 Å². The van der Waals surface area contributed by atoms with Crippen LogP contribution in [0.2, 0.25) is 0 Å². The number of rotatable bonds is 7. The molecule has 0 radical (unpaired) electrons. The van der Waals surface area contributed by atoms with E-state index in [1.165, 1.54) is 5.69 Å². The second-order valence-electron chi connectivity index (χ2n) is 5.79. The molecule has 1 fully saturated rings. The molecule has 2 rings (SSSR count). The van der Waals surface area contributed by atoms with Crippen LogP contribution in [0.3, 0.4) is 0 Å². The van der Waals surface area contributed by atoms with Gasteiger partial charge in [-0.15, -0.1) is 0 Å². The molecular formula is C16H26N2O2. The average molecular weight is 278 g/mol. The standard InChI is InChI=1S/C16H26N2O2/c1-13(7-8-14-5-3-11-18(14)2)17-16(19)10-9-15-6-4-12-20-15/h3,5,11,13,15H,4,6-10,12H2,1-2H3,(H,17,19). The molecule has 112 valence electrons. The molecule has 0 bridgehead atoms. The predicted molar refractivity (Wildman–Crippen MR) is 79.5 cm³/mol. The minimum absolute atomic E-state index is 0.153. The van der Waals surface area contributed by atoms with Crippen LogP contribution in [0.25, 0.3) is 0 Å². The summed E-state index contributed by atoms with van der Waals surface area (Å²) in [5.41, 5.74) is 1.31. The van der Waals surface area contributed by atoms with Crippen molar-refractivity contribution in [2.45, 2.75) is 57.6 Å². The maximum atomic E-state index is 11.9. The highest BCUT2D eigenvalue weighted by Crippen LogP contribution is 2.16. The summed E-state index contributed by atoms with van der Waals surface area (Å²) in [4.78, 5) is 11.9. The fourth-order valence-corrected chi connectivity index (χ4v) is 2.70. The number of carbonyl (C=O) groups excluding carboxylic acids is 1. The summed E-state index contributed by atoms with van der Waals surface area (Å²) in [6, 6.07) is 4.41. The quantitative estimate of drug-likeness (QED) is 0.832. The summed E-state index contributed by atoms with van der Waals surface area (Å²) in [6.07, 6.45) is 8.02. The van der Waals surface area contributed by atoms with Crippen molar-refractivity contribution >= 4 is 5.91 Å². The fourth-order valence-electron chi connectivity index (χ4n) is 2.70. The van der Waals surface area contributed by atoms with Crippen molar-refractivity contribution in [2.24, 2.45) is 7.05 Å². The molecular weight excluding hydrogens is 252 g/mol. The number of hydrogen-bond acceptors (Lipinski definition) is 2. The van der Waals surface area contributed by atoms with E-state index in [0.717, 1.165) is 38.7 Å². The van der Waals surface area contributed by atoms with Crippen molar-refractivity contribution in [2.75, 3.05) is 6.61 Å². The zero-order valence-electron chi connectivity index (χ0n) is 12.6. The molecule has 1 aromatic heterocycles. The van der Waals surface area contributed by atoms with Crippen molar-refractivity contribution in [3.05, 3.63) is 24.0 Å². The predicted octanol–water partition coefficient (Wildman–Crippen LogP) is 2.42. The first-order chi connectivity index (χ1) is 9.65. The highest BCUT2D eigenvalue weighted by atomic mass is 16.5. The molecule has 1 saturated heterocycles. The van der Waals surface area contributed by atoms with Crippen LogP contribution in [0.15, 0.2) is 18.3 Å². The Morgan fingerprint density at radius 1 is 1.60 bits per heavy atom. The lowest BCUT2D eigenvalue weighted by Gasteiger charge is -2.15. The third kappa shape index (κ3) is 4.67. The van der Waals surface area contributed by atoms with Crippen LogP contribution in [0.1, 0.15) is 44.7 Å². The monoisotopic (exact) mass is 278 g/mol. The zero-order valence-corrected chi connectivity index (χ0v) is 12.6. The highest BCUT2D eigenvalue weighted by molar-refractivity contribution is 5.76. The summed E-state index contributed by atoms with van der Waals surface area (Å²) in [7, 11) is 2.06. The van der Waals surface area contributed by atoms with Crippen LogP contribution >= 0.6 is 0 Å². The Morgan fingerprint density at radius 3 is 3.10 bits per heavy atom. The topological polar surface area (TPSA) is 43.3 Å². The van der Waals surface area contributed by atoms with Gasteiger partial charge in [0.1, 0.15) is 0 Å². The van der Waals surface area contributed by atoms with E-state index in [9.17, 15) is 4.79 Å². The number of aromatic nitrogens is 1. The average Bonchev–Trinajstić information content (AvgIpc) is 3.05. The van der Waals surface area contributed by atoms with Crippen LogP contribution in [0.5, 0.6) is 0 Å². The van der Waals surface area contributed by atoms with Gasteiger partial charge < -0.3 is 14.6 Å². The Labute approximate surface area is 121 Å². The summed E-state index contributed by atoms with van der Waals surface area (Å²) >= 11 is 0. The van der Waals surface area contributed by atoms with Gasteiger partial charge >= 0.3 is 0 Å². The molecule has 0 aliphatic carbocycles. The molecule has 0 aromatic carbocycles. The number of hydrogen-bond donors (Lipinski definition) is 1. The third-order valence-corrected chi connectivity index (χ3v) is 4.01. The van der Waals surface area contributed by atoms with Crippen LogP contribution < -0.4 is 5.32 Å². The molecule has 1 amide bonds. The van der Waals surface area contributed by atoms with E-state index in [2.05, 4.69) is 42.2 Å². The lowest BCUT2D eigenvalue weighted by Crippen LogP contribution is -2.33. The summed E-state index contributed by atoms with van der Waals surface area (Å²) in [5, 5.41) is 3.08. The smallest absolute Gasteiger partial charge is 0.220 e. The van der Waals surface area contributed by atoms with Crippen LogP contribution in [0, 0.1) is 0 Å². The molecule has 1 aromatic rings. The molecule has 20 heavy (non-hydrogen) atoms. The van der Waals surface area contributed by atoms with Gasteiger partial charge in [-0.05, 0) is 51.2 Å². The van der Waals surface area contributed by atoms with E-state index in [4.69, 9.17) is 4.74 Å². The number of ether oxygens (including phenoxy) is 1. The molecule has 0 saturated carbocycles. The first-order valence-electron chi connectivity index (χ1n) is 7.66. The first kappa shape index (κ1) is 15.1. The van der Waals surface area contributed by atoms with Gasteiger partial charge in [-0.25, -0.2) is 0 Å². The molecule has 1 aliphatic rings. The molecule has 4 heteroatoms. The summed E-state index contributed by atoms with van der Waals surface area (Å²) < 4.78 is 7.67. The van der Waals surface area contributed by atoms with Gasteiger partial charge in [-0.3, -0.25) is 4.79 Å². The van der Waals surface area contributed by atoms with Gasteiger partial charge in [0.25, 0.3) is 0 Å². The summed E-state index contributed by atoms with van der Waals surface area (Å²) in [5.74, 6) is 0.153. The maximum Gasteiger partial charge on any atom is 0.220 e. The first-order valence-corrected chi connectivity index (χ1v) is 7.66. The Hall–Kier alpha value is -1.29. The lowest BCUT2D eigenvalue weighted by molar-refractivity contribution is -0.122. The van der Waals surface area contributed by atoms with Crippen molar-refractivity contribution in [3.63, 3.8) is 0 Å². The zero-order chi connectivity index (χ0) is 14.4. The van der Waals surface area contributed by atoms with E-state index >= 15 is 0 Å². The fraction of sp³-hybridized carbons (Fsp3) is 0.688. The molecule has 0 spiro atoms. The number of aryl methyl sites for hydroxylation is 2. The van der Waals surface area contributed by atoms with Crippen molar-refractivity contribution in [1.82, 2.24) is 9.88 Å². The molecule has 1 aliphatic heterocycles. The van der Waals surface area contributed by atoms with Gasteiger partial charge in [-0.1, -0.05) is 0 Å². The minimum Gasteiger partial charge on any atom is -0.378 e. The van der Waals surface area contributed by atoms with Gasteiger partial charge in [0.15, 0.2) is 0 Å². The normalized spacial score (nSPS) is 20.0. The van der Waals surface area contributed by atoms with Crippen molar-refractivity contribution in [1.29, 1.82) is 0 Å². The van der Waals surface area contributed by atoms with Gasteiger partial charge in [-0.2, -0.15) is 0 Å². The van der Waals surface area contributed by atoms with Gasteiger partial charge in [0, 0.05) is 38.0 Å². The number of nitrogens with zero attached hydrogens (tertiary/aromatic N) is 1. The minimum atomic E-state index is 0.153. The van der Waals surface area contributed by atoms with Crippen molar-refractivity contribution in [3.8, 4) is 0 Å². The molecule has 2 unspecified atom stereocenters. The Kier molecular flexibility index (Phi) is 5.65. The maximum absolute atomic E-state index is 11.9. The Morgan fingerprint density at radius 2 is 2.45 bits per heavy atom. The van der Waals surface area contributed by atoms with Crippen molar-refractivity contribution < 1.29 is 9.53 Å². The SMILES string of the molecule is CC(CCc1cccn1C)NC(=O)CCC1CCCO1. The molecule has 4 nitrogen and oxygen atoms in total. The number of carbonyl (C=O) groups is 1. The molecule has 1 N–H and O–H groups in total. The lowest BCUT2D eigenvalue weighted by atomic mass is 10.1. The van der Waals surface area contributed by atoms with E-state index in [1.54, 1.807) is 0 Å². The van der Waals surface area contributed by atoms with Crippen LogP contribution in [-0.4, -0.2) is 29.2 Å². The second-order valence-corrected chi connectivity index (χ2v) is 5.79. The largest absolute Gasteiger partial charge is 0.378 e. The Bertz CT molecular complexity index is 422. The van der Waals surface area contributed by atoms with Crippen LogP contribution in [-0.2, 0) is 23.0 Å². The second kappa shape index (κ2) is 7.48. The number of amides is 1. The molecule has 2 atom stereocenters. The Balaban J connectivity index is 1.62. The highest BCUT2D eigenvalue weighted by Gasteiger charge is 2.17. The number of nitrogens with one attached hydrogen (secondary N) is 1. The van der Waals surface area contributed by atoms with E-state index < -0.39 is 0 Å².